The van der Waals surface area contributed by atoms with Crippen molar-refractivity contribution in [2.45, 2.75) is 25.8 Å². The third kappa shape index (κ3) is 2.87. The summed E-state index contributed by atoms with van der Waals surface area (Å²) in [6.45, 7) is 2.06. The van der Waals surface area contributed by atoms with Gasteiger partial charge in [-0.15, -0.1) is 12.3 Å². The molecule has 0 amide bonds. The van der Waals surface area contributed by atoms with Crippen LogP contribution in [0.4, 0.5) is 0 Å². The van der Waals surface area contributed by atoms with Crippen molar-refractivity contribution in [1.82, 2.24) is 0 Å². The highest BCUT2D eigenvalue weighted by atomic mass is 79.9. The molecule has 14 heavy (non-hydrogen) atoms. The molecule has 0 aliphatic carbocycles. The molecule has 1 rings (SSSR count). The van der Waals surface area contributed by atoms with Crippen molar-refractivity contribution >= 4 is 15.9 Å². The maximum atomic E-state index is 6.01. The quantitative estimate of drug-likeness (QED) is 0.821. The van der Waals surface area contributed by atoms with Crippen molar-refractivity contribution < 1.29 is 0 Å². The molecule has 0 saturated carbocycles. The highest BCUT2D eigenvalue weighted by Gasteiger charge is 2.08. The standard InChI is InChI=1S/C12H14BrN/c1-3-4-5-12(14)10-7-6-9(2)8-11(10)13/h1,6-8,12H,4-5,14H2,2H3. The Morgan fingerprint density at radius 1 is 1.57 bits per heavy atom. The summed E-state index contributed by atoms with van der Waals surface area (Å²) in [6.07, 6.45) is 6.75. The van der Waals surface area contributed by atoms with E-state index in [-0.39, 0.29) is 6.04 Å². The third-order valence-corrected chi connectivity index (χ3v) is 2.84. The van der Waals surface area contributed by atoms with Crippen molar-refractivity contribution in [3.8, 4) is 12.3 Å². The monoisotopic (exact) mass is 251 g/mol. The van der Waals surface area contributed by atoms with Gasteiger partial charge in [-0.05, 0) is 30.5 Å². The maximum Gasteiger partial charge on any atom is 0.0315 e. The van der Waals surface area contributed by atoms with E-state index in [9.17, 15) is 0 Å². The van der Waals surface area contributed by atoms with Gasteiger partial charge >= 0.3 is 0 Å². The molecular weight excluding hydrogens is 238 g/mol. The molecule has 0 radical (unpaired) electrons. The molecule has 2 N–H and O–H groups in total. The van der Waals surface area contributed by atoms with Crippen LogP contribution in [0.2, 0.25) is 0 Å². The second kappa shape index (κ2) is 5.19. The summed E-state index contributed by atoms with van der Waals surface area (Å²) in [6, 6.07) is 6.22. The van der Waals surface area contributed by atoms with Crippen LogP contribution < -0.4 is 5.73 Å². The molecule has 0 spiro atoms. The lowest BCUT2D eigenvalue weighted by molar-refractivity contribution is 0.665. The van der Waals surface area contributed by atoms with Crippen molar-refractivity contribution in [3.05, 3.63) is 33.8 Å². The minimum Gasteiger partial charge on any atom is -0.324 e. The van der Waals surface area contributed by atoms with Gasteiger partial charge in [0.1, 0.15) is 0 Å². The third-order valence-electron chi connectivity index (χ3n) is 2.16. The van der Waals surface area contributed by atoms with Crippen molar-refractivity contribution in [1.29, 1.82) is 0 Å². The van der Waals surface area contributed by atoms with Gasteiger partial charge in [-0.3, -0.25) is 0 Å². The molecule has 0 aliphatic rings. The number of aryl methyl sites for hydroxylation is 1. The van der Waals surface area contributed by atoms with Crippen LogP contribution in [0.15, 0.2) is 22.7 Å². The van der Waals surface area contributed by atoms with Gasteiger partial charge in [0.25, 0.3) is 0 Å². The first-order valence-electron chi connectivity index (χ1n) is 4.60. The van der Waals surface area contributed by atoms with Crippen LogP contribution in [0.25, 0.3) is 0 Å². The largest absolute Gasteiger partial charge is 0.324 e. The average Bonchev–Trinajstić information content (AvgIpc) is 2.14. The first-order valence-corrected chi connectivity index (χ1v) is 5.39. The molecule has 0 fully saturated rings. The van der Waals surface area contributed by atoms with Gasteiger partial charge in [-0.2, -0.15) is 0 Å². The SMILES string of the molecule is C#CCCC(N)c1ccc(C)cc1Br. The summed E-state index contributed by atoms with van der Waals surface area (Å²) in [7, 11) is 0. The molecule has 1 atom stereocenters. The second-order valence-corrected chi connectivity index (χ2v) is 4.23. The molecule has 1 aromatic rings. The molecular formula is C12H14BrN. The first kappa shape index (κ1) is 11.3. The zero-order valence-electron chi connectivity index (χ0n) is 8.26. The van der Waals surface area contributed by atoms with Crippen LogP contribution in [0.3, 0.4) is 0 Å². The lowest BCUT2D eigenvalue weighted by Gasteiger charge is -2.12. The molecule has 0 bridgehead atoms. The average molecular weight is 252 g/mol. The molecule has 0 aromatic heterocycles. The van der Waals surface area contributed by atoms with Gasteiger partial charge in [-0.25, -0.2) is 0 Å². The van der Waals surface area contributed by atoms with E-state index in [1.54, 1.807) is 0 Å². The number of rotatable bonds is 3. The van der Waals surface area contributed by atoms with Gasteiger partial charge in [-0.1, -0.05) is 28.1 Å². The number of hydrogen-bond acceptors (Lipinski definition) is 1. The minimum atomic E-state index is 0.0287. The zero-order valence-corrected chi connectivity index (χ0v) is 9.84. The van der Waals surface area contributed by atoms with Crippen molar-refractivity contribution in [2.24, 2.45) is 5.73 Å². The fraction of sp³-hybridized carbons (Fsp3) is 0.333. The Morgan fingerprint density at radius 3 is 2.86 bits per heavy atom. The van der Waals surface area contributed by atoms with Crippen LogP contribution in [0.5, 0.6) is 0 Å². The number of halogens is 1. The highest BCUT2D eigenvalue weighted by Crippen LogP contribution is 2.25. The molecule has 0 aliphatic heterocycles. The zero-order chi connectivity index (χ0) is 10.6. The highest BCUT2D eigenvalue weighted by molar-refractivity contribution is 9.10. The Balaban J connectivity index is 2.80. The van der Waals surface area contributed by atoms with Gasteiger partial charge in [0.15, 0.2) is 0 Å². The van der Waals surface area contributed by atoms with Crippen LogP contribution in [0.1, 0.15) is 30.0 Å². The topological polar surface area (TPSA) is 26.0 Å². The van der Waals surface area contributed by atoms with E-state index >= 15 is 0 Å². The van der Waals surface area contributed by atoms with Gasteiger partial charge in [0.05, 0.1) is 0 Å². The lowest BCUT2D eigenvalue weighted by atomic mass is 10.0. The molecule has 1 nitrogen and oxygen atoms in total. The Kier molecular flexibility index (Phi) is 4.19. The molecule has 2 heteroatoms. The van der Waals surface area contributed by atoms with E-state index in [0.29, 0.717) is 0 Å². The number of terminal acetylenes is 1. The van der Waals surface area contributed by atoms with E-state index in [2.05, 4.69) is 47.0 Å². The Morgan fingerprint density at radius 2 is 2.29 bits per heavy atom. The Bertz CT molecular complexity index is 352. The van der Waals surface area contributed by atoms with Crippen LogP contribution >= 0.6 is 15.9 Å². The van der Waals surface area contributed by atoms with Crippen molar-refractivity contribution in [2.75, 3.05) is 0 Å². The number of nitrogens with two attached hydrogens (primary N) is 1. The first-order chi connectivity index (χ1) is 6.65. The van der Waals surface area contributed by atoms with E-state index < -0.39 is 0 Å². The van der Waals surface area contributed by atoms with Gasteiger partial charge < -0.3 is 5.73 Å². The van der Waals surface area contributed by atoms with E-state index in [0.717, 1.165) is 22.9 Å². The summed E-state index contributed by atoms with van der Waals surface area (Å²) in [5, 5.41) is 0. The van der Waals surface area contributed by atoms with Gasteiger partial charge in [0.2, 0.25) is 0 Å². The van der Waals surface area contributed by atoms with Gasteiger partial charge in [0, 0.05) is 16.9 Å². The predicted octanol–water partition coefficient (Wildman–Crippen LogP) is 3.17. The van der Waals surface area contributed by atoms with Crippen molar-refractivity contribution in [3.63, 3.8) is 0 Å². The summed E-state index contributed by atoms with van der Waals surface area (Å²) in [5.74, 6) is 2.60. The summed E-state index contributed by atoms with van der Waals surface area (Å²) < 4.78 is 1.07. The van der Waals surface area contributed by atoms with E-state index in [1.807, 2.05) is 0 Å². The van der Waals surface area contributed by atoms with E-state index in [4.69, 9.17) is 12.2 Å². The molecule has 0 saturated heterocycles. The number of hydrogen-bond donors (Lipinski definition) is 1. The lowest BCUT2D eigenvalue weighted by Crippen LogP contribution is -2.10. The Hall–Kier alpha value is -0.780. The van der Waals surface area contributed by atoms with Crippen LogP contribution in [-0.4, -0.2) is 0 Å². The maximum absolute atomic E-state index is 6.01. The van der Waals surface area contributed by atoms with Crippen LogP contribution in [0, 0.1) is 19.3 Å². The normalized spacial score (nSPS) is 12.1. The fourth-order valence-electron chi connectivity index (χ4n) is 1.33. The van der Waals surface area contributed by atoms with Crippen LogP contribution in [-0.2, 0) is 0 Å². The summed E-state index contributed by atoms with van der Waals surface area (Å²) in [5.41, 5.74) is 8.36. The molecule has 1 unspecified atom stereocenters. The smallest absolute Gasteiger partial charge is 0.0315 e. The fourth-order valence-corrected chi connectivity index (χ4v) is 2.11. The Labute approximate surface area is 93.8 Å². The molecule has 0 heterocycles. The predicted molar refractivity (Wildman–Crippen MR) is 63.9 cm³/mol. The summed E-state index contributed by atoms with van der Waals surface area (Å²) >= 11 is 3.51. The van der Waals surface area contributed by atoms with E-state index in [1.165, 1.54) is 5.56 Å². The molecule has 1 aromatic carbocycles. The summed E-state index contributed by atoms with van der Waals surface area (Å²) in [4.78, 5) is 0. The number of benzene rings is 1. The minimum absolute atomic E-state index is 0.0287. The second-order valence-electron chi connectivity index (χ2n) is 3.37. The molecule has 74 valence electrons.